The van der Waals surface area contributed by atoms with Crippen molar-refractivity contribution in [2.45, 2.75) is 40.0 Å². The molecule has 0 atom stereocenters. The summed E-state index contributed by atoms with van der Waals surface area (Å²) in [7, 11) is 0. The highest BCUT2D eigenvalue weighted by Crippen LogP contribution is 2.31. The van der Waals surface area contributed by atoms with Gasteiger partial charge >= 0.3 is 0 Å². The smallest absolute Gasteiger partial charge is 0.224 e. The summed E-state index contributed by atoms with van der Waals surface area (Å²) in [5.74, 6) is 0.377. The Kier molecular flexibility index (Phi) is 6.37. The lowest BCUT2D eigenvalue weighted by molar-refractivity contribution is -0.135. The van der Waals surface area contributed by atoms with E-state index in [9.17, 15) is 9.59 Å². The summed E-state index contributed by atoms with van der Waals surface area (Å²) in [6.07, 6.45) is 0.339. The highest BCUT2D eigenvalue weighted by Gasteiger charge is 2.22. The average molecular weight is 332 g/mol. The lowest BCUT2D eigenvalue weighted by Crippen LogP contribution is -2.42. The maximum atomic E-state index is 12.4. The fourth-order valence-electron chi connectivity index (χ4n) is 3.12. The number of hydrogen-bond acceptors (Lipinski definition) is 3. The minimum atomic E-state index is -0.0269. The lowest BCUT2D eigenvalue weighted by Gasteiger charge is -2.30. The SMILES string of the molecule is CC(=O)N(CCC(=O)N1CCOCC1)c1c(C)cccc1C(C)C. The molecule has 1 aromatic rings. The first-order chi connectivity index (χ1) is 11.4. The third-order valence-electron chi connectivity index (χ3n) is 4.45. The highest BCUT2D eigenvalue weighted by molar-refractivity contribution is 5.94. The van der Waals surface area contributed by atoms with Gasteiger partial charge in [0.2, 0.25) is 11.8 Å². The number of para-hydroxylation sites is 1. The Hall–Kier alpha value is -1.88. The molecular weight excluding hydrogens is 304 g/mol. The molecular formula is C19H28N2O3. The van der Waals surface area contributed by atoms with Crippen LogP contribution in [0.4, 0.5) is 5.69 Å². The number of aryl methyl sites for hydroxylation is 1. The zero-order valence-corrected chi connectivity index (χ0v) is 15.2. The summed E-state index contributed by atoms with van der Waals surface area (Å²) >= 11 is 0. The van der Waals surface area contributed by atoms with Crippen molar-refractivity contribution < 1.29 is 14.3 Å². The first-order valence-electron chi connectivity index (χ1n) is 8.65. The van der Waals surface area contributed by atoms with Crippen LogP contribution in [-0.2, 0) is 14.3 Å². The van der Waals surface area contributed by atoms with E-state index in [-0.39, 0.29) is 11.8 Å². The average Bonchev–Trinajstić information content (AvgIpc) is 2.56. The van der Waals surface area contributed by atoms with E-state index in [0.29, 0.717) is 45.2 Å². The van der Waals surface area contributed by atoms with Crippen molar-refractivity contribution in [1.29, 1.82) is 0 Å². The molecule has 5 heteroatoms. The third-order valence-corrected chi connectivity index (χ3v) is 4.45. The van der Waals surface area contributed by atoms with Crippen molar-refractivity contribution in [2.75, 3.05) is 37.7 Å². The van der Waals surface area contributed by atoms with Crippen molar-refractivity contribution in [3.63, 3.8) is 0 Å². The topological polar surface area (TPSA) is 49.9 Å². The Morgan fingerprint density at radius 2 is 1.92 bits per heavy atom. The van der Waals surface area contributed by atoms with Crippen LogP contribution >= 0.6 is 0 Å². The summed E-state index contributed by atoms with van der Waals surface area (Å²) in [4.78, 5) is 28.2. The predicted molar refractivity (Wildman–Crippen MR) is 95.3 cm³/mol. The van der Waals surface area contributed by atoms with Crippen LogP contribution in [0.1, 0.15) is 44.2 Å². The second-order valence-electron chi connectivity index (χ2n) is 6.58. The third kappa shape index (κ3) is 4.35. The zero-order chi connectivity index (χ0) is 17.7. The fourth-order valence-corrected chi connectivity index (χ4v) is 3.12. The highest BCUT2D eigenvalue weighted by atomic mass is 16.5. The van der Waals surface area contributed by atoms with Gasteiger partial charge in [0.1, 0.15) is 0 Å². The Balaban J connectivity index is 2.16. The number of carbonyl (C=O) groups is 2. The number of amides is 2. The number of carbonyl (C=O) groups excluding carboxylic acids is 2. The van der Waals surface area contributed by atoms with Crippen LogP contribution in [0.25, 0.3) is 0 Å². The van der Waals surface area contributed by atoms with Gasteiger partial charge in [-0.2, -0.15) is 0 Å². The summed E-state index contributed by atoms with van der Waals surface area (Å²) in [6, 6.07) is 6.10. The molecule has 1 aliphatic heterocycles. The van der Waals surface area contributed by atoms with E-state index in [4.69, 9.17) is 4.74 Å². The van der Waals surface area contributed by atoms with Crippen molar-refractivity contribution in [1.82, 2.24) is 4.90 Å². The molecule has 1 saturated heterocycles. The molecule has 1 fully saturated rings. The van der Waals surface area contributed by atoms with E-state index in [0.717, 1.165) is 16.8 Å². The molecule has 132 valence electrons. The van der Waals surface area contributed by atoms with E-state index >= 15 is 0 Å². The number of rotatable bonds is 5. The van der Waals surface area contributed by atoms with Crippen molar-refractivity contribution in [2.24, 2.45) is 0 Å². The Labute approximate surface area is 144 Å². The molecule has 0 aliphatic carbocycles. The Morgan fingerprint density at radius 1 is 1.25 bits per heavy atom. The molecule has 1 aliphatic rings. The number of nitrogens with zero attached hydrogens (tertiary/aromatic N) is 2. The molecule has 0 saturated carbocycles. The molecule has 0 spiro atoms. The van der Waals surface area contributed by atoms with Crippen molar-refractivity contribution in [3.8, 4) is 0 Å². The molecule has 0 N–H and O–H groups in total. The number of benzene rings is 1. The van der Waals surface area contributed by atoms with Crippen molar-refractivity contribution in [3.05, 3.63) is 29.3 Å². The fraction of sp³-hybridized carbons (Fsp3) is 0.579. The summed E-state index contributed by atoms with van der Waals surface area (Å²) in [5, 5.41) is 0. The van der Waals surface area contributed by atoms with E-state index in [1.165, 1.54) is 0 Å². The minimum absolute atomic E-state index is 0.0269. The second kappa shape index (κ2) is 8.29. The maximum absolute atomic E-state index is 12.4. The van der Waals surface area contributed by atoms with Gasteiger partial charge in [0, 0.05) is 38.7 Å². The zero-order valence-electron chi connectivity index (χ0n) is 15.2. The first kappa shape index (κ1) is 18.5. The van der Waals surface area contributed by atoms with Crippen LogP contribution in [0.15, 0.2) is 18.2 Å². The van der Waals surface area contributed by atoms with Gasteiger partial charge in [-0.15, -0.1) is 0 Å². The van der Waals surface area contributed by atoms with E-state index in [1.807, 2.05) is 24.0 Å². The van der Waals surface area contributed by atoms with Crippen LogP contribution in [0.5, 0.6) is 0 Å². The number of anilines is 1. The molecule has 1 aromatic carbocycles. The van der Waals surface area contributed by atoms with E-state index < -0.39 is 0 Å². The van der Waals surface area contributed by atoms with Crippen LogP contribution < -0.4 is 4.90 Å². The van der Waals surface area contributed by atoms with Gasteiger partial charge in [-0.25, -0.2) is 0 Å². The summed E-state index contributed by atoms with van der Waals surface area (Å²) in [5.41, 5.74) is 3.16. The Bertz CT molecular complexity index is 592. The summed E-state index contributed by atoms with van der Waals surface area (Å²) in [6.45, 7) is 10.7. The predicted octanol–water partition coefficient (Wildman–Crippen LogP) is 2.72. The van der Waals surface area contributed by atoms with E-state index in [1.54, 1.807) is 11.8 Å². The lowest BCUT2D eigenvalue weighted by atomic mass is 9.97. The quantitative estimate of drug-likeness (QED) is 0.833. The van der Waals surface area contributed by atoms with Crippen LogP contribution in [0, 0.1) is 6.92 Å². The molecule has 2 rings (SSSR count). The molecule has 5 nitrogen and oxygen atoms in total. The van der Waals surface area contributed by atoms with Gasteiger partial charge in [0.25, 0.3) is 0 Å². The minimum Gasteiger partial charge on any atom is -0.378 e. The summed E-state index contributed by atoms with van der Waals surface area (Å²) < 4.78 is 5.28. The number of ether oxygens (including phenoxy) is 1. The maximum Gasteiger partial charge on any atom is 0.224 e. The molecule has 0 radical (unpaired) electrons. The largest absolute Gasteiger partial charge is 0.378 e. The molecule has 2 amide bonds. The van der Waals surface area contributed by atoms with Crippen LogP contribution in [-0.4, -0.2) is 49.6 Å². The normalized spacial score (nSPS) is 14.8. The number of hydrogen-bond donors (Lipinski definition) is 0. The Morgan fingerprint density at radius 3 is 2.50 bits per heavy atom. The van der Waals surface area contributed by atoms with Gasteiger partial charge in [-0.05, 0) is 24.0 Å². The van der Waals surface area contributed by atoms with E-state index in [2.05, 4.69) is 19.9 Å². The molecule has 0 unspecified atom stereocenters. The monoisotopic (exact) mass is 332 g/mol. The molecule has 0 aromatic heterocycles. The van der Waals surface area contributed by atoms with Gasteiger partial charge in [-0.3, -0.25) is 9.59 Å². The second-order valence-corrected chi connectivity index (χ2v) is 6.58. The standard InChI is InChI=1S/C19H28N2O3/c1-14(2)17-7-5-6-15(3)19(17)21(16(4)22)9-8-18(23)20-10-12-24-13-11-20/h5-7,14H,8-13H2,1-4H3. The van der Waals surface area contributed by atoms with Crippen LogP contribution in [0.3, 0.4) is 0 Å². The van der Waals surface area contributed by atoms with Gasteiger partial charge < -0.3 is 14.5 Å². The first-order valence-corrected chi connectivity index (χ1v) is 8.65. The van der Waals surface area contributed by atoms with Gasteiger partial charge in [-0.1, -0.05) is 32.0 Å². The molecule has 0 bridgehead atoms. The van der Waals surface area contributed by atoms with Crippen molar-refractivity contribution >= 4 is 17.5 Å². The molecule has 1 heterocycles. The number of morpholine rings is 1. The molecule has 24 heavy (non-hydrogen) atoms. The van der Waals surface area contributed by atoms with Crippen LogP contribution in [0.2, 0.25) is 0 Å². The van der Waals surface area contributed by atoms with Gasteiger partial charge in [0.05, 0.1) is 13.2 Å². The van der Waals surface area contributed by atoms with Gasteiger partial charge in [0.15, 0.2) is 0 Å².